The van der Waals surface area contributed by atoms with Gasteiger partial charge in [-0.05, 0) is 26.7 Å². The zero-order chi connectivity index (χ0) is 10.1. The molecule has 0 spiro atoms. The summed E-state index contributed by atoms with van der Waals surface area (Å²) in [6.07, 6.45) is 2.54. The number of hydrogen-bond acceptors (Lipinski definition) is 3. The molecule has 0 amide bonds. The third-order valence-corrected chi connectivity index (χ3v) is 2.61. The molecule has 4 heteroatoms. The lowest BCUT2D eigenvalue weighted by molar-refractivity contribution is 0.799. The molecule has 0 atom stereocenters. The van der Waals surface area contributed by atoms with Crippen LogP contribution in [0.4, 0.5) is 5.82 Å². The predicted octanol–water partition coefficient (Wildman–Crippen LogP) is 2.43. The topological polar surface area (TPSA) is 29.0 Å². The zero-order valence-electron chi connectivity index (χ0n) is 8.50. The van der Waals surface area contributed by atoms with Gasteiger partial charge in [-0.3, -0.25) is 0 Å². The zero-order valence-corrected chi connectivity index (χ0v) is 9.25. The molecule has 1 aromatic rings. The van der Waals surface area contributed by atoms with Crippen molar-refractivity contribution in [2.24, 2.45) is 0 Å². The van der Waals surface area contributed by atoms with Crippen molar-refractivity contribution in [2.45, 2.75) is 32.7 Å². The van der Waals surface area contributed by atoms with E-state index >= 15 is 0 Å². The van der Waals surface area contributed by atoms with Gasteiger partial charge in [0.25, 0.3) is 0 Å². The SMILES string of the molecule is CCN(c1cc(Cl)nc(C)n1)C1CC1. The van der Waals surface area contributed by atoms with E-state index in [1.54, 1.807) is 0 Å². The average Bonchev–Trinajstić information content (AvgIpc) is 2.87. The van der Waals surface area contributed by atoms with E-state index in [9.17, 15) is 0 Å². The first-order valence-electron chi connectivity index (χ1n) is 4.98. The van der Waals surface area contributed by atoms with E-state index < -0.39 is 0 Å². The summed E-state index contributed by atoms with van der Waals surface area (Å²) < 4.78 is 0. The minimum Gasteiger partial charge on any atom is -0.354 e. The lowest BCUT2D eigenvalue weighted by Crippen LogP contribution is -2.26. The summed E-state index contributed by atoms with van der Waals surface area (Å²) in [6.45, 7) is 5.00. The Bertz CT molecular complexity index is 316. The Hall–Kier alpha value is -0.830. The number of hydrogen-bond donors (Lipinski definition) is 0. The lowest BCUT2D eigenvalue weighted by Gasteiger charge is -2.21. The Labute approximate surface area is 89.1 Å². The van der Waals surface area contributed by atoms with Crippen LogP contribution in [0.25, 0.3) is 0 Å². The first-order chi connectivity index (χ1) is 6.70. The molecule has 1 aliphatic carbocycles. The van der Waals surface area contributed by atoms with Gasteiger partial charge in [-0.1, -0.05) is 11.6 Å². The van der Waals surface area contributed by atoms with Crippen molar-refractivity contribution in [1.82, 2.24) is 9.97 Å². The van der Waals surface area contributed by atoms with Crippen molar-refractivity contribution in [1.29, 1.82) is 0 Å². The van der Waals surface area contributed by atoms with E-state index in [4.69, 9.17) is 11.6 Å². The first-order valence-corrected chi connectivity index (χ1v) is 5.36. The smallest absolute Gasteiger partial charge is 0.134 e. The fourth-order valence-corrected chi connectivity index (χ4v) is 1.88. The molecule has 14 heavy (non-hydrogen) atoms. The summed E-state index contributed by atoms with van der Waals surface area (Å²) in [6, 6.07) is 2.52. The average molecular weight is 212 g/mol. The van der Waals surface area contributed by atoms with E-state index in [1.807, 2.05) is 13.0 Å². The molecule has 0 saturated heterocycles. The molecule has 1 heterocycles. The highest BCUT2D eigenvalue weighted by Crippen LogP contribution is 2.30. The summed E-state index contributed by atoms with van der Waals surface area (Å²) in [5.74, 6) is 1.71. The second-order valence-corrected chi connectivity index (χ2v) is 4.00. The van der Waals surface area contributed by atoms with Gasteiger partial charge in [0.2, 0.25) is 0 Å². The normalized spacial score (nSPS) is 15.6. The second-order valence-electron chi connectivity index (χ2n) is 3.61. The van der Waals surface area contributed by atoms with Crippen LogP contribution in [0.5, 0.6) is 0 Å². The standard InChI is InChI=1S/C10H14ClN3/c1-3-14(8-4-5-8)10-6-9(11)12-7(2)13-10/h6,8H,3-5H2,1-2H3. The number of aromatic nitrogens is 2. The van der Waals surface area contributed by atoms with Crippen molar-refractivity contribution >= 4 is 17.4 Å². The van der Waals surface area contributed by atoms with Crippen LogP contribution >= 0.6 is 11.6 Å². The molecule has 0 unspecified atom stereocenters. The van der Waals surface area contributed by atoms with E-state index in [2.05, 4.69) is 21.8 Å². The Morgan fingerprint density at radius 3 is 2.71 bits per heavy atom. The monoisotopic (exact) mass is 211 g/mol. The molecule has 0 aromatic carbocycles. The van der Waals surface area contributed by atoms with Gasteiger partial charge in [0.1, 0.15) is 16.8 Å². The summed E-state index contributed by atoms with van der Waals surface area (Å²) in [4.78, 5) is 10.7. The molecular weight excluding hydrogens is 198 g/mol. The molecule has 0 aliphatic heterocycles. The number of nitrogens with zero attached hydrogens (tertiary/aromatic N) is 3. The van der Waals surface area contributed by atoms with Crippen molar-refractivity contribution in [2.75, 3.05) is 11.4 Å². The minimum absolute atomic E-state index is 0.534. The van der Waals surface area contributed by atoms with Gasteiger partial charge in [-0.2, -0.15) is 0 Å². The maximum absolute atomic E-state index is 5.90. The Morgan fingerprint density at radius 1 is 1.50 bits per heavy atom. The van der Waals surface area contributed by atoms with Gasteiger partial charge >= 0.3 is 0 Å². The molecule has 0 N–H and O–H groups in total. The molecule has 1 aromatic heterocycles. The number of rotatable bonds is 3. The highest BCUT2D eigenvalue weighted by atomic mass is 35.5. The van der Waals surface area contributed by atoms with Gasteiger partial charge in [0.05, 0.1) is 0 Å². The van der Waals surface area contributed by atoms with E-state index in [-0.39, 0.29) is 0 Å². The maximum Gasteiger partial charge on any atom is 0.134 e. The molecular formula is C10H14ClN3. The fourth-order valence-electron chi connectivity index (χ4n) is 1.66. The lowest BCUT2D eigenvalue weighted by atomic mass is 10.4. The third kappa shape index (κ3) is 1.98. The van der Waals surface area contributed by atoms with Crippen LogP contribution in [0.1, 0.15) is 25.6 Å². The van der Waals surface area contributed by atoms with Crippen molar-refractivity contribution in [3.63, 3.8) is 0 Å². The quantitative estimate of drug-likeness (QED) is 0.720. The van der Waals surface area contributed by atoms with Crippen molar-refractivity contribution in [3.8, 4) is 0 Å². The van der Waals surface area contributed by atoms with Crippen LogP contribution in [0.3, 0.4) is 0 Å². The summed E-state index contributed by atoms with van der Waals surface area (Å²) in [5, 5.41) is 0.534. The molecule has 1 fully saturated rings. The van der Waals surface area contributed by atoms with Gasteiger partial charge in [0.15, 0.2) is 0 Å². The molecule has 0 radical (unpaired) electrons. The Kier molecular flexibility index (Phi) is 2.59. The minimum atomic E-state index is 0.534. The van der Waals surface area contributed by atoms with Crippen LogP contribution in [-0.2, 0) is 0 Å². The highest BCUT2D eigenvalue weighted by Gasteiger charge is 2.29. The Balaban J connectivity index is 2.28. The molecule has 76 valence electrons. The molecule has 1 aliphatic rings. The largest absolute Gasteiger partial charge is 0.354 e. The van der Waals surface area contributed by atoms with E-state index in [0.29, 0.717) is 11.2 Å². The Morgan fingerprint density at radius 2 is 2.21 bits per heavy atom. The fraction of sp³-hybridized carbons (Fsp3) is 0.600. The molecule has 3 nitrogen and oxygen atoms in total. The van der Waals surface area contributed by atoms with Crippen LogP contribution in [0.15, 0.2) is 6.07 Å². The highest BCUT2D eigenvalue weighted by molar-refractivity contribution is 6.29. The van der Waals surface area contributed by atoms with Gasteiger partial charge in [0, 0.05) is 18.7 Å². The van der Waals surface area contributed by atoms with E-state index in [0.717, 1.165) is 18.2 Å². The summed E-state index contributed by atoms with van der Waals surface area (Å²) in [7, 11) is 0. The summed E-state index contributed by atoms with van der Waals surface area (Å²) >= 11 is 5.90. The number of aryl methyl sites for hydroxylation is 1. The third-order valence-electron chi connectivity index (χ3n) is 2.42. The van der Waals surface area contributed by atoms with Crippen molar-refractivity contribution < 1.29 is 0 Å². The maximum atomic E-state index is 5.90. The molecule has 1 saturated carbocycles. The van der Waals surface area contributed by atoms with Crippen LogP contribution in [0.2, 0.25) is 5.15 Å². The molecule has 2 rings (SSSR count). The van der Waals surface area contributed by atoms with Gasteiger partial charge < -0.3 is 4.90 Å². The predicted molar refractivity (Wildman–Crippen MR) is 57.8 cm³/mol. The van der Waals surface area contributed by atoms with Gasteiger partial charge in [-0.25, -0.2) is 9.97 Å². The first kappa shape index (κ1) is 9.71. The summed E-state index contributed by atoms with van der Waals surface area (Å²) in [5.41, 5.74) is 0. The van der Waals surface area contributed by atoms with Crippen LogP contribution < -0.4 is 4.90 Å². The number of anilines is 1. The molecule has 0 bridgehead atoms. The van der Waals surface area contributed by atoms with Crippen LogP contribution in [-0.4, -0.2) is 22.6 Å². The number of halogens is 1. The second kappa shape index (κ2) is 3.73. The van der Waals surface area contributed by atoms with Crippen LogP contribution in [0, 0.1) is 6.92 Å². The van der Waals surface area contributed by atoms with Crippen molar-refractivity contribution in [3.05, 3.63) is 17.0 Å². The van der Waals surface area contributed by atoms with Gasteiger partial charge in [-0.15, -0.1) is 0 Å². The van der Waals surface area contributed by atoms with E-state index in [1.165, 1.54) is 12.8 Å².